The number of hydrogen-bond donors (Lipinski definition) is 2. The number of carboxylic acids is 1. The maximum Gasteiger partial charge on any atom is 0.333 e. The smallest absolute Gasteiger partial charge is 0.333 e. The lowest BCUT2D eigenvalue weighted by Gasteiger charge is -2.17. The summed E-state index contributed by atoms with van der Waals surface area (Å²) in [7, 11) is 0. The minimum absolute atomic E-state index is 0.0211. The van der Waals surface area contributed by atoms with Crippen LogP contribution in [0.1, 0.15) is 25.0 Å². The summed E-state index contributed by atoms with van der Waals surface area (Å²) in [5.74, 6) is -0.138. The fourth-order valence-electron chi connectivity index (χ4n) is 2.64. The fraction of sp³-hybridized carbons (Fsp3) is 0.364. The van der Waals surface area contributed by atoms with Crippen LogP contribution >= 0.6 is 15.9 Å². The van der Waals surface area contributed by atoms with Gasteiger partial charge in [-0.3, -0.25) is 0 Å². The number of aliphatic carboxylic acids is 1. The standard InChI is InChI=1S/C22H24BrNO6/c1-14(2)30-21(22(26)27)9-15-4-3-5-19(8-15)28-12-18(25)13-29-20-7-6-17(23)10-16(20)11-24/h3-8,10,14,18,21,25H,9,12-13H2,1-2H3,(H,26,27). The predicted octanol–water partition coefficient (Wildman–Crippen LogP) is 3.56. The van der Waals surface area contributed by atoms with Crippen LogP contribution in [0.15, 0.2) is 46.9 Å². The first kappa shape index (κ1) is 23.7. The van der Waals surface area contributed by atoms with E-state index in [0.29, 0.717) is 17.1 Å². The molecule has 0 aliphatic heterocycles. The molecule has 2 aromatic rings. The van der Waals surface area contributed by atoms with Gasteiger partial charge < -0.3 is 24.4 Å². The normalized spacial score (nSPS) is 12.8. The highest BCUT2D eigenvalue weighted by Gasteiger charge is 2.20. The zero-order valence-corrected chi connectivity index (χ0v) is 18.3. The summed E-state index contributed by atoms with van der Waals surface area (Å²) >= 11 is 3.29. The van der Waals surface area contributed by atoms with Crippen molar-refractivity contribution in [2.75, 3.05) is 13.2 Å². The number of halogens is 1. The molecule has 0 bridgehead atoms. The molecule has 2 atom stereocenters. The number of nitrogens with zero attached hydrogens (tertiary/aromatic N) is 1. The predicted molar refractivity (Wildman–Crippen MR) is 114 cm³/mol. The second-order valence-electron chi connectivity index (χ2n) is 6.89. The Kier molecular flexibility index (Phi) is 9.12. The van der Waals surface area contributed by atoms with E-state index in [2.05, 4.69) is 15.9 Å². The van der Waals surface area contributed by atoms with Gasteiger partial charge in [-0.15, -0.1) is 0 Å². The van der Waals surface area contributed by atoms with Gasteiger partial charge in [-0.05, 0) is 49.7 Å². The molecule has 0 aromatic heterocycles. The van der Waals surface area contributed by atoms with Crippen molar-refractivity contribution in [3.05, 3.63) is 58.1 Å². The highest BCUT2D eigenvalue weighted by Crippen LogP contribution is 2.22. The van der Waals surface area contributed by atoms with Crippen LogP contribution in [0, 0.1) is 11.3 Å². The van der Waals surface area contributed by atoms with Crippen molar-refractivity contribution < 1.29 is 29.2 Å². The van der Waals surface area contributed by atoms with Crippen LogP contribution < -0.4 is 9.47 Å². The Morgan fingerprint density at radius 3 is 2.57 bits per heavy atom. The molecular weight excluding hydrogens is 454 g/mol. The van der Waals surface area contributed by atoms with Crippen molar-refractivity contribution in [1.29, 1.82) is 5.26 Å². The van der Waals surface area contributed by atoms with E-state index in [1.165, 1.54) is 0 Å². The van der Waals surface area contributed by atoms with Crippen LogP contribution in [-0.4, -0.2) is 47.7 Å². The zero-order valence-electron chi connectivity index (χ0n) is 16.7. The number of carbonyl (C=O) groups is 1. The lowest BCUT2D eigenvalue weighted by Crippen LogP contribution is -2.29. The molecule has 0 aliphatic rings. The molecule has 0 heterocycles. The molecule has 0 fully saturated rings. The lowest BCUT2D eigenvalue weighted by molar-refractivity contribution is -0.153. The van der Waals surface area contributed by atoms with E-state index in [1.54, 1.807) is 56.3 Å². The van der Waals surface area contributed by atoms with Gasteiger partial charge >= 0.3 is 5.97 Å². The van der Waals surface area contributed by atoms with Gasteiger partial charge in [-0.25, -0.2) is 4.79 Å². The molecule has 2 rings (SSSR count). The quantitative estimate of drug-likeness (QED) is 0.508. The number of hydrogen-bond acceptors (Lipinski definition) is 6. The van der Waals surface area contributed by atoms with Gasteiger partial charge in [-0.2, -0.15) is 5.26 Å². The van der Waals surface area contributed by atoms with Gasteiger partial charge in [0.1, 0.15) is 36.9 Å². The molecule has 160 valence electrons. The van der Waals surface area contributed by atoms with Gasteiger partial charge in [0.2, 0.25) is 0 Å². The monoisotopic (exact) mass is 477 g/mol. The van der Waals surface area contributed by atoms with Crippen molar-refractivity contribution in [3.8, 4) is 17.6 Å². The van der Waals surface area contributed by atoms with Crippen LogP contribution in [0.3, 0.4) is 0 Å². The molecule has 0 saturated carbocycles. The average molecular weight is 478 g/mol. The van der Waals surface area contributed by atoms with Crippen LogP contribution in [-0.2, 0) is 16.0 Å². The number of rotatable bonds is 11. The van der Waals surface area contributed by atoms with Crippen molar-refractivity contribution in [1.82, 2.24) is 0 Å². The Morgan fingerprint density at radius 1 is 1.17 bits per heavy atom. The van der Waals surface area contributed by atoms with E-state index in [9.17, 15) is 15.0 Å². The second kappa shape index (κ2) is 11.6. The number of aliphatic hydroxyl groups excluding tert-OH is 1. The summed E-state index contributed by atoms with van der Waals surface area (Å²) in [6.07, 6.45) is -1.86. The largest absolute Gasteiger partial charge is 0.491 e. The Morgan fingerprint density at radius 2 is 1.90 bits per heavy atom. The molecule has 0 spiro atoms. The summed E-state index contributed by atoms with van der Waals surface area (Å²) in [5, 5.41) is 28.6. The molecule has 0 amide bonds. The molecule has 0 aliphatic carbocycles. The van der Waals surface area contributed by atoms with E-state index in [1.807, 2.05) is 6.07 Å². The average Bonchev–Trinajstić information content (AvgIpc) is 2.70. The van der Waals surface area contributed by atoms with Crippen molar-refractivity contribution in [2.24, 2.45) is 0 Å². The van der Waals surface area contributed by atoms with Crippen LogP contribution in [0.4, 0.5) is 0 Å². The molecule has 0 saturated heterocycles. The molecular formula is C22H24BrNO6. The summed E-state index contributed by atoms with van der Waals surface area (Å²) in [6.45, 7) is 3.51. The molecule has 30 heavy (non-hydrogen) atoms. The zero-order chi connectivity index (χ0) is 22.1. The fourth-order valence-corrected chi connectivity index (χ4v) is 3.00. The van der Waals surface area contributed by atoms with Gasteiger partial charge in [0.25, 0.3) is 0 Å². The molecule has 2 N–H and O–H groups in total. The SMILES string of the molecule is CC(C)OC(Cc1cccc(OCC(O)COc2ccc(Br)cc2C#N)c1)C(=O)O. The Balaban J connectivity index is 1.89. The minimum atomic E-state index is -1.02. The third-order valence-electron chi connectivity index (χ3n) is 3.97. The second-order valence-corrected chi connectivity index (χ2v) is 7.81. The van der Waals surface area contributed by atoms with Crippen LogP contribution in [0.5, 0.6) is 11.5 Å². The number of carboxylic acid groups (broad SMARTS) is 1. The van der Waals surface area contributed by atoms with Gasteiger partial charge in [-0.1, -0.05) is 28.1 Å². The molecule has 2 unspecified atom stereocenters. The summed E-state index contributed by atoms with van der Waals surface area (Å²) in [6, 6.07) is 14.1. The highest BCUT2D eigenvalue weighted by molar-refractivity contribution is 9.10. The third-order valence-corrected chi connectivity index (χ3v) is 4.46. The number of nitriles is 1. The molecule has 8 heteroatoms. The Hall–Kier alpha value is -2.60. The number of aliphatic hydroxyl groups is 1. The van der Waals surface area contributed by atoms with Crippen molar-refractivity contribution in [3.63, 3.8) is 0 Å². The van der Waals surface area contributed by atoms with Gasteiger partial charge in [0.15, 0.2) is 6.10 Å². The van der Waals surface area contributed by atoms with Crippen molar-refractivity contribution in [2.45, 2.75) is 38.6 Å². The maximum atomic E-state index is 11.4. The maximum absolute atomic E-state index is 11.4. The first-order valence-corrected chi connectivity index (χ1v) is 10.2. The first-order chi connectivity index (χ1) is 14.3. The third kappa shape index (κ3) is 7.67. The summed E-state index contributed by atoms with van der Waals surface area (Å²) in [5.41, 5.74) is 1.11. The number of ether oxygens (including phenoxy) is 3. The summed E-state index contributed by atoms with van der Waals surface area (Å²) in [4.78, 5) is 11.4. The van der Waals surface area contributed by atoms with Crippen molar-refractivity contribution >= 4 is 21.9 Å². The van der Waals surface area contributed by atoms with Gasteiger partial charge in [0, 0.05) is 10.9 Å². The molecule has 7 nitrogen and oxygen atoms in total. The van der Waals surface area contributed by atoms with E-state index in [4.69, 9.17) is 19.5 Å². The van der Waals surface area contributed by atoms with Gasteiger partial charge in [0.05, 0.1) is 11.7 Å². The Bertz CT molecular complexity index is 895. The minimum Gasteiger partial charge on any atom is -0.491 e. The molecule has 2 aromatic carbocycles. The van der Waals surface area contributed by atoms with E-state index < -0.39 is 18.2 Å². The highest BCUT2D eigenvalue weighted by atomic mass is 79.9. The lowest BCUT2D eigenvalue weighted by atomic mass is 10.1. The van der Waals surface area contributed by atoms with E-state index in [-0.39, 0.29) is 25.7 Å². The summed E-state index contributed by atoms with van der Waals surface area (Å²) < 4.78 is 17.3. The first-order valence-electron chi connectivity index (χ1n) is 9.39. The topological polar surface area (TPSA) is 109 Å². The number of benzene rings is 2. The van der Waals surface area contributed by atoms with E-state index in [0.717, 1.165) is 10.0 Å². The Labute approximate surface area is 183 Å². The van der Waals surface area contributed by atoms with Crippen LogP contribution in [0.2, 0.25) is 0 Å². The van der Waals surface area contributed by atoms with E-state index >= 15 is 0 Å². The molecule has 0 radical (unpaired) electrons. The van der Waals surface area contributed by atoms with Crippen LogP contribution in [0.25, 0.3) is 0 Å².